The van der Waals surface area contributed by atoms with Gasteiger partial charge in [0.1, 0.15) is 5.25 Å². The molecule has 1 saturated heterocycles. The van der Waals surface area contributed by atoms with Crippen LogP contribution in [0.4, 0.5) is 5.69 Å². The predicted molar refractivity (Wildman–Crippen MR) is 72.6 cm³/mol. The van der Waals surface area contributed by atoms with Gasteiger partial charge in [-0.2, -0.15) is 0 Å². The Morgan fingerprint density at radius 3 is 2.67 bits per heavy atom. The third-order valence-corrected chi connectivity index (χ3v) is 4.64. The number of amides is 1. The largest absolute Gasteiger partial charge is 0.310 e. The highest BCUT2D eigenvalue weighted by atomic mass is 35.5. The van der Waals surface area contributed by atoms with Gasteiger partial charge in [-0.3, -0.25) is 4.79 Å². The number of nitrogens with two attached hydrogens (primary N) is 1. The summed E-state index contributed by atoms with van der Waals surface area (Å²) in [7, 11) is -3.72. The van der Waals surface area contributed by atoms with E-state index in [0.717, 1.165) is 0 Å². The van der Waals surface area contributed by atoms with E-state index >= 15 is 0 Å². The number of sulfonamides is 1. The molecule has 18 heavy (non-hydrogen) atoms. The first-order valence-corrected chi connectivity index (χ1v) is 7.53. The van der Waals surface area contributed by atoms with Crippen molar-refractivity contribution in [2.24, 2.45) is 5.14 Å². The molecule has 5 nitrogen and oxygen atoms in total. The van der Waals surface area contributed by atoms with Gasteiger partial charge in [0.25, 0.3) is 0 Å². The average Bonchev–Trinajstić information content (AvgIpc) is 2.64. The second-order valence-electron chi connectivity index (χ2n) is 4.05. The van der Waals surface area contributed by atoms with E-state index in [-0.39, 0.29) is 18.9 Å². The first-order valence-electron chi connectivity index (χ1n) is 5.09. The van der Waals surface area contributed by atoms with E-state index in [9.17, 15) is 13.2 Å². The van der Waals surface area contributed by atoms with Gasteiger partial charge in [-0.1, -0.05) is 11.6 Å². The summed E-state index contributed by atoms with van der Waals surface area (Å²) in [6, 6.07) is 4.87. The van der Waals surface area contributed by atoms with Gasteiger partial charge in [0.15, 0.2) is 0 Å². The topological polar surface area (TPSA) is 80.5 Å². The fourth-order valence-electron chi connectivity index (χ4n) is 1.84. The van der Waals surface area contributed by atoms with Crippen molar-refractivity contribution in [2.75, 3.05) is 11.4 Å². The lowest BCUT2D eigenvalue weighted by molar-refractivity contribution is -0.117. The van der Waals surface area contributed by atoms with Gasteiger partial charge in [0.2, 0.25) is 15.9 Å². The molecule has 1 aromatic carbocycles. The first-order chi connectivity index (χ1) is 8.29. The fourth-order valence-corrected chi connectivity index (χ4v) is 3.00. The van der Waals surface area contributed by atoms with Gasteiger partial charge in [-0.05, 0) is 18.2 Å². The summed E-state index contributed by atoms with van der Waals surface area (Å²) >= 11 is 10.1. The standard InChI is InChI=1S/C10H11ClN2O3S2/c11-6-1-2-9(17)8(3-6)13-5-7(4-10(13)14)18(12,15)16/h1-3,7,17H,4-5H2,(H2,12,15,16). The van der Waals surface area contributed by atoms with Crippen LogP contribution in [-0.4, -0.2) is 26.1 Å². The SMILES string of the molecule is NS(=O)(=O)C1CC(=O)N(c2cc(Cl)ccc2S)C1. The van der Waals surface area contributed by atoms with Gasteiger partial charge in [-0.15, -0.1) is 12.6 Å². The second-order valence-corrected chi connectivity index (χ2v) is 6.82. The van der Waals surface area contributed by atoms with E-state index in [1.807, 2.05) is 0 Å². The van der Waals surface area contributed by atoms with Crippen molar-refractivity contribution in [1.82, 2.24) is 0 Å². The Labute approximate surface area is 115 Å². The zero-order valence-electron chi connectivity index (χ0n) is 9.21. The third-order valence-electron chi connectivity index (χ3n) is 2.78. The van der Waals surface area contributed by atoms with Gasteiger partial charge in [0, 0.05) is 22.9 Å². The minimum Gasteiger partial charge on any atom is -0.310 e. The molecule has 1 aliphatic rings. The molecule has 0 spiro atoms. The quantitative estimate of drug-likeness (QED) is 0.801. The molecule has 98 valence electrons. The molecular weight excluding hydrogens is 296 g/mol. The summed E-state index contributed by atoms with van der Waals surface area (Å²) in [5.74, 6) is -0.299. The maximum Gasteiger partial charge on any atom is 0.228 e. The number of primary sulfonamides is 1. The zero-order valence-corrected chi connectivity index (χ0v) is 11.7. The predicted octanol–water partition coefficient (Wildman–Crippen LogP) is 1.02. The van der Waals surface area contributed by atoms with Crippen LogP contribution in [0.15, 0.2) is 23.1 Å². The lowest BCUT2D eigenvalue weighted by atomic mass is 10.3. The third kappa shape index (κ3) is 2.64. The summed E-state index contributed by atoms with van der Waals surface area (Å²) in [5.41, 5.74) is 0.502. The second kappa shape index (κ2) is 4.73. The molecule has 8 heteroatoms. The van der Waals surface area contributed by atoms with Crippen LogP contribution in [0.2, 0.25) is 5.02 Å². The molecule has 1 fully saturated rings. The number of nitrogens with zero attached hydrogens (tertiary/aromatic N) is 1. The summed E-state index contributed by atoms with van der Waals surface area (Å²) in [6.45, 7) is 0.0333. The smallest absolute Gasteiger partial charge is 0.228 e. The number of hydrogen-bond acceptors (Lipinski definition) is 4. The van der Waals surface area contributed by atoms with Crippen molar-refractivity contribution in [1.29, 1.82) is 0 Å². The summed E-state index contributed by atoms with van der Waals surface area (Å²) < 4.78 is 22.5. The van der Waals surface area contributed by atoms with Crippen LogP contribution in [0.25, 0.3) is 0 Å². The molecule has 1 heterocycles. The van der Waals surface area contributed by atoms with Crippen LogP contribution in [0.5, 0.6) is 0 Å². The Kier molecular flexibility index (Phi) is 3.59. The van der Waals surface area contributed by atoms with Gasteiger partial charge in [-0.25, -0.2) is 13.6 Å². The normalized spacial score (nSPS) is 20.5. The highest BCUT2D eigenvalue weighted by Gasteiger charge is 2.37. The van der Waals surface area contributed by atoms with E-state index in [2.05, 4.69) is 12.6 Å². The van der Waals surface area contributed by atoms with E-state index in [0.29, 0.717) is 15.6 Å². The maximum atomic E-state index is 11.8. The van der Waals surface area contributed by atoms with Crippen LogP contribution >= 0.6 is 24.2 Å². The number of rotatable bonds is 2. The Balaban J connectivity index is 2.35. The minimum absolute atomic E-state index is 0.0333. The molecule has 1 aromatic rings. The maximum absolute atomic E-state index is 11.8. The zero-order chi connectivity index (χ0) is 13.5. The number of anilines is 1. The number of carbonyl (C=O) groups is 1. The van der Waals surface area contributed by atoms with Crippen LogP contribution < -0.4 is 10.0 Å². The molecule has 2 rings (SSSR count). The number of benzene rings is 1. The monoisotopic (exact) mass is 306 g/mol. The number of hydrogen-bond donors (Lipinski definition) is 2. The summed E-state index contributed by atoms with van der Waals surface area (Å²) in [4.78, 5) is 13.7. The van der Waals surface area contributed by atoms with E-state index in [1.54, 1.807) is 18.2 Å². The van der Waals surface area contributed by atoms with Crippen LogP contribution in [-0.2, 0) is 14.8 Å². The van der Waals surface area contributed by atoms with Crippen LogP contribution in [0.3, 0.4) is 0 Å². The molecule has 2 N–H and O–H groups in total. The highest BCUT2D eigenvalue weighted by Crippen LogP contribution is 2.31. The molecule has 0 saturated carbocycles. The van der Waals surface area contributed by atoms with Crippen molar-refractivity contribution in [3.05, 3.63) is 23.2 Å². The van der Waals surface area contributed by atoms with Crippen LogP contribution in [0, 0.1) is 0 Å². The van der Waals surface area contributed by atoms with Gasteiger partial charge < -0.3 is 4.90 Å². The fraction of sp³-hybridized carbons (Fsp3) is 0.300. The van der Waals surface area contributed by atoms with Crippen LogP contribution in [0.1, 0.15) is 6.42 Å². The first kappa shape index (κ1) is 13.7. The lowest BCUT2D eigenvalue weighted by Gasteiger charge is -2.18. The van der Waals surface area contributed by atoms with E-state index in [1.165, 1.54) is 4.90 Å². The van der Waals surface area contributed by atoms with E-state index < -0.39 is 15.3 Å². The average molecular weight is 307 g/mol. The Morgan fingerprint density at radius 1 is 1.44 bits per heavy atom. The van der Waals surface area contributed by atoms with E-state index in [4.69, 9.17) is 16.7 Å². The van der Waals surface area contributed by atoms with Crippen molar-refractivity contribution in [3.8, 4) is 0 Å². The Morgan fingerprint density at radius 2 is 2.11 bits per heavy atom. The molecule has 0 radical (unpaired) electrons. The van der Waals surface area contributed by atoms with Crippen molar-refractivity contribution < 1.29 is 13.2 Å². The van der Waals surface area contributed by atoms with Gasteiger partial charge >= 0.3 is 0 Å². The molecule has 0 aliphatic carbocycles. The molecule has 0 bridgehead atoms. The van der Waals surface area contributed by atoms with Crippen molar-refractivity contribution >= 4 is 45.8 Å². The Hall–Kier alpha value is -0.760. The molecule has 0 aromatic heterocycles. The minimum atomic E-state index is -3.72. The number of carbonyl (C=O) groups excluding carboxylic acids is 1. The Bertz CT molecular complexity index is 603. The number of halogens is 1. The number of thiol groups is 1. The summed E-state index contributed by atoms with van der Waals surface area (Å²) in [6.07, 6.45) is -0.113. The molecule has 1 atom stereocenters. The van der Waals surface area contributed by atoms with Gasteiger partial charge in [0.05, 0.1) is 5.69 Å². The molecule has 1 amide bonds. The van der Waals surface area contributed by atoms with Crippen molar-refractivity contribution in [2.45, 2.75) is 16.6 Å². The molecule has 1 unspecified atom stereocenters. The highest BCUT2D eigenvalue weighted by molar-refractivity contribution is 7.89. The van der Waals surface area contributed by atoms with Crippen molar-refractivity contribution in [3.63, 3.8) is 0 Å². The lowest BCUT2D eigenvalue weighted by Crippen LogP contribution is -2.32. The molecule has 1 aliphatic heterocycles. The molecular formula is C10H11ClN2O3S2. The summed E-state index contributed by atoms with van der Waals surface area (Å²) in [5, 5.41) is 4.63.